The minimum Gasteiger partial charge on any atom is -0.494 e. The van der Waals surface area contributed by atoms with Crippen molar-refractivity contribution in [2.45, 2.75) is 39.0 Å². The van der Waals surface area contributed by atoms with E-state index in [2.05, 4.69) is 29.6 Å². The number of anilines is 1. The third kappa shape index (κ3) is 6.21. The highest BCUT2D eigenvalue weighted by Crippen LogP contribution is 2.47. The Bertz CT molecular complexity index is 1190. The Morgan fingerprint density at radius 3 is 2.29 bits per heavy atom. The standard InChI is InChI=1S/C29H31NO5/c1-3-33-29(32)19-28-25-12-5-4-11-24(25)26-14-13-23(18-27(26)28)35-16-7-6-15-34-22-10-8-9-21(17-22)30-20(2)31/h4-5,8-14,17-18,28H,3,6-7,15-16,19H2,1-2H3,(H,30,31). The molecule has 0 saturated heterocycles. The van der Waals surface area contributed by atoms with Crippen LogP contribution in [0.15, 0.2) is 66.7 Å². The Kier molecular flexibility index (Phi) is 8.03. The van der Waals surface area contributed by atoms with Crippen molar-refractivity contribution in [2.75, 3.05) is 25.1 Å². The molecule has 1 amide bonds. The average Bonchev–Trinajstić information content (AvgIpc) is 3.14. The van der Waals surface area contributed by atoms with Crippen LogP contribution in [0.5, 0.6) is 11.5 Å². The van der Waals surface area contributed by atoms with Gasteiger partial charge in [0, 0.05) is 24.6 Å². The topological polar surface area (TPSA) is 73.9 Å². The number of nitrogens with one attached hydrogen (secondary N) is 1. The van der Waals surface area contributed by atoms with Gasteiger partial charge in [-0.05, 0) is 66.3 Å². The first-order valence-corrected chi connectivity index (χ1v) is 12.1. The average molecular weight is 474 g/mol. The molecule has 35 heavy (non-hydrogen) atoms. The first-order valence-electron chi connectivity index (χ1n) is 12.1. The Morgan fingerprint density at radius 2 is 1.54 bits per heavy atom. The van der Waals surface area contributed by atoms with E-state index < -0.39 is 0 Å². The molecule has 6 heteroatoms. The van der Waals surface area contributed by atoms with E-state index in [1.54, 1.807) is 0 Å². The summed E-state index contributed by atoms with van der Waals surface area (Å²) in [5.74, 6) is 1.21. The molecule has 3 aromatic rings. The van der Waals surface area contributed by atoms with Gasteiger partial charge < -0.3 is 19.5 Å². The number of carbonyl (C=O) groups excluding carboxylic acids is 2. The van der Waals surface area contributed by atoms with E-state index >= 15 is 0 Å². The van der Waals surface area contributed by atoms with Crippen LogP contribution in [0.2, 0.25) is 0 Å². The zero-order valence-electron chi connectivity index (χ0n) is 20.2. The predicted octanol–water partition coefficient (Wildman–Crippen LogP) is 5.95. The van der Waals surface area contributed by atoms with Gasteiger partial charge in [-0.15, -0.1) is 0 Å². The van der Waals surface area contributed by atoms with Crippen molar-refractivity contribution < 1.29 is 23.8 Å². The van der Waals surface area contributed by atoms with Crippen LogP contribution in [-0.4, -0.2) is 31.7 Å². The summed E-state index contributed by atoms with van der Waals surface area (Å²) in [6.45, 7) is 4.83. The summed E-state index contributed by atoms with van der Waals surface area (Å²) in [6.07, 6.45) is 2.00. The number of hydrogen-bond acceptors (Lipinski definition) is 5. The van der Waals surface area contributed by atoms with Gasteiger partial charge in [0.25, 0.3) is 0 Å². The normalized spacial score (nSPS) is 13.5. The minimum absolute atomic E-state index is 0.0227. The van der Waals surface area contributed by atoms with Gasteiger partial charge in [0.05, 0.1) is 26.2 Å². The number of amides is 1. The molecule has 0 bridgehead atoms. The number of ether oxygens (including phenoxy) is 3. The zero-order valence-corrected chi connectivity index (χ0v) is 20.2. The molecule has 1 aliphatic carbocycles. The van der Waals surface area contributed by atoms with Crippen molar-refractivity contribution in [1.82, 2.24) is 0 Å². The monoisotopic (exact) mass is 473 g/mol. The molecule has 1 atom stereocenters. The first kappa shape index (κ1) is 24.3. The Morgan fingerprint density at radius 1 is 0.829 bits per heavy atom. The maximum Gasteiger partial charge on any atom is 0.306 e. The molecule has 0 radical (unpaired) electrons. The number of rotatable bonds is 11. The quantitative estimate of drug-likeness (QED) is 0.275. The van der Waals surface area contributed by atoms with Gasteiger partial charge in [0.15, 0.2) is 0 Å². The number of fused-ring (bicyclic) bond motifs is 3. The van der Waals surface area contributed by atoms with Gasteiger partial charge >= 0.3 is 5.97 Å². The molecular weight excluding hydrogens is 442 g/mol. The number of carbonyl (C=O) groups is 2. The molecular formula is C29H31NO5. The fourth-order valence-corrected chi connectivity index (χ4v) is 4.44. The molecule has 0 heterocycles. The van der Waals surface area contributed by atoms with Crippen LogP contribution in [0.25, 0.3) is 11.1 Å². The molecule has 4 rings (SSSR count). The fraction of sp³-hybridized carbons (Fsp3) is 0.310. The molecule has 0 aromatic heterocycles. The first-order chi connectivity index (χ1) is 17.0. The van der Waals surface area contributed by atoms with Gasteiger partial charge in [0.1, 0.15) is 11.5 Å². The molecule has 0 saturated carbocycles. The van der Waals surface area contributed by atoms with Crippen LogP contribution >= 0.6 is 0 Å². The van der Waals surface area contributed by atoms with Crippen molar-refractivity contribution in [3.8, 4) is 22.6 Å². The van der Waals surface area contributed by atoms with Gasteiger partial charge in [-0.2, -0.15) is 0 Å². The summed E-state index contributed by atoms with van der Waals surface area (Å²) in [4.78, 5) is 23.5. The van der Waals surface area contributed by atoms with Crippen LogP contribution in [0, 0.1) is 0 Å². The second kappa shape index (κ2) is 11.6. The van der Waals surface area contributed by atoms with Crippen molar-refractivity contribution in [1.29, 1.82) is 0 Å². The summed E-state index contributed by atoms with van der Waals surface area (Å²) >= 11 is 0. The van der Waals surface area contributed by atoms with Crippen molar-refractivity contribution in [3.05, 3.63) is 77.9 Å². The molecule has 1 aliphatic rings. The highest BCUT2D eigenvalue weighted by Gasteiger charge is 2.30. The molecule has 1 unspecified atom stereocenters. The lowest BCUT2D eigenvalue weighted by Crippen LogP contribution is -2.10. The van der Waals surface area contributed by atoms with Crippen LogP contribution < -0.4 is 14.8 Å². The lowest BCUT2D eigenvalue weighted by Gasteiger charge is -2.14. The molecule has 0 fully saturated rings. The second-order valence-corrected chi connectivity index (χ2v) is 8.51. The summed E-state index contributed by atoms with van der Waals surface area (Å²) < 4.78 is 17.0. The van der Waals surface area contributed by atoms with Crippen LogP contribution in [-0.2, 0) is 14.3 Å². The highest BCUT2D eigenvalue weighted by molar-refractivity contribution is 5.88. The largest absolute Gasteiger partial charge is 0.494 e. The zero-order chi connectivity index (χ0) is 24.6. The number of benzene rings is 3. The second-order valence-electron chi connectivity index (χ2n) is 8.51. The van der Waals surface area contributed by atoms with Crippen molar-refractivity contribution in [3.63, 3.8) is 0 Å². The molecule has 3 aromatic carbocycles. The van der Waals surface area contributed by atoms with E-state index in [-0.39, 0.29) is 17.8 Å². The number of unbranched alkanes of at least 4 members (excludes halogenated alkanes) is 1. The van der Waals surface area contributed by atoms with Gasteiger partial charge in [-0.25, -0.2) is 0 Å². The third-order valence-corrected chi connectivity index (χ3v) is 5.93. The maximum absolute atomic E-state index is 12.3. The van der Waals surface area contributed by atoms with Crippen LogP contribution in [0.1, 0.15) is 50.2 Å². The predicted molar refractivity (Wildman–Crippen MR) is 136 cm³/mol. The summed E-state index contributed by atoms with van der Waals surface area (Å²) in [5, 5.41) is 2.75. The summed E-state index contributed by atoms with van der Waals surface area (Å²) in [7, 11) is 0. The van der Waals surface area contributed by atoms with E-state index in [9.17, 15) is 9.59 Å². The van der Waals surface area contributed by atoms with Crippen molar-refractivity contribution in [2.24, 2.45) is 0 Å². The third-order valence-electron chi connectivity index (χ3n) is 5.93. The van der Waals surface area contributed by atoms with E-state index in [1.807, 2.05) is 49.4 Å². The van der Waals surface area contributed by atoms with E-state index in [4.69, 9.17) is 14.2 Å². The maximum atomic E-state index is 12.3. The lowest BCUT2D eigenvalue weighted by atomic mass is 9.93. The fourth-order valence-electron chi connectivity index (χ4n) is 4.44. The lowest BCUT2D eigenvalue weighted by molar-refractivity contribution is -0.143. The van der Waals surface area contributed by atoms with Gasteiger partial charge in [-0.3, -0.25) is 9.59 Å². The number of esters is 1. The SMILES string of the molecule is CCOC(=O)CC1c2ccccc2-c2ccc(OCCCCOc3cccc(NC(C)=O)c3)cc21. The van der Waals surface area contributed by atoms with Crippen LogP contribution in [0.4, 0.5) is 5.69 Å². The Hall–Kier alpha value is -3.80. The van der Waals surface area contributed by atoms with Gasteiger partial charge in [-0.1, -0.05) is 36.4 Å². The van der Waals surface area contributed by atoms with Crippen LogP contribution in [0.3, 0.4) is 0 Å². The van der Waals surface area contributed by atoms with Gasteiger partial charge in [0.2, 0.25) is 5.91 Å². The summed E-state index contributed by atoms with van der Waals surface area (Å²) in [6, 6.07) is 21.7. The van der Waals surface area contributed by atoms with E-state index in [0.29, 0.717) is 26.2 Å². The van der Waals surface area contributed by atoms with Crippen molar-refractivity contribution >= 4 is 17.6 Å². The molecule has 6 nitrogen and oxygen atoms in total. The molecule has 0 spiro atoms. The molecule has 0 aliphatic heterocycles. The summed E-state index contributed by atoms with van der Waals surface area (Å²) in [5.41, 5.74) is 5.31. The molecule has 182 valence electrons. The minimum atomic E-state index is -0.186. The smallest absolute Gasteiger partial charge is 0.306 e. The Labute approximate surface area is 206 Å². The van der Waals surface area contributed by atoms with E-state index in [0.717, 1.165) is 46.7 Å². The molecule has 1 N–H and O–H groups in total. The highest BCUT2D eigenvalue weighted by atomic mass is 16.5. The van der Waals surface area contributed by atoms with E-state index in [1.165, 1.54) is 12.5 Å². The number of hydrogen-bond donors (Lipinski definition) is 1. The Balaban J connectivity index is 1.30.